The number of carbonyl (C=O) groups excluding carboxylic acids is 2. The van der Waals surface area contributed by atoms with Crippen LogP contribution in [0.5, 0.6) is 0 Å². The van der Waals surface area contributed by atoms with E-state index in [1.54, 1.807) is 9.80 Å². The van der Waals surface area contributed by atoms with Crippen LogP contribution >= 0.6 is 23.2 Å². The van der Waals surface area contributed by atoms with Gasteiger partial charge < -0.3 is 9.80 Å². The van der Waals surface area contributed by atoms with Crippen LogP contribution in [0, 0.1) is 5.41 Å². The van der Waals surface area contributed by atoms with Crippen LogP contribution in [0.4, 0.5) is 0 Å². The van der Waals surface area contributed by atoms with E-state index in [4.69, 9.17) is 23.2 Å². The number of hydrogen-bond acceptors (Lipinski definition) is 2. The highest BCUT2D eigenvalue weighted by atomic mass is 35.5. The van der Waals surface area contributed by atoms with Crippen LogP contribution in [-0.4, -0.2) is 52.1 Å². The lowest BCUT2D eigenvalue weighted by atomic mass is 10.1. The topological polar surface area (TPSA) is 40.6 Å². The number of hydrogen-bond donors (Lipinski definition) is 0. The fraction of sp³-hybridized carbons (Fsp3) is 0.556. The molecule has 0 N–H and O–H groups in total. The fourth-order valence-corrected chi connectivity index (χ4v) is 3.86. The lowest BCUT2D eigenvalue weighted by Crippen LogP contribution is -2.52. The fourth-order valence-electron chi connectivity index (χ4n) is 3.16. The summed E-state index contributed by atoms with van der Waals surface area (Å²) in [5.41, 5.74) is 1.23. The average Bonchev–Trinajstić information content (AvgIpc) is 3.13. The van der Waals surface area contributed by atoms with Crippen molar-refractivity contribution in [1.29, 1.82) is 0 Å². The molecule has 0 radical (unpaired) electrons. The molecule has 1 aromatic carbocycles. The first-order valence-corrected chi connectivity index (χ1v) is 9.09. The molecule has 0 spiro atoms. The maximum absolute atomic E-state index is 12.6. The van der Waals surface area contributed by atoms with E-state index in [-0.39, 0.29) is 11.8 Å². The van der Waals surface area contributed by atoms with Gasteiger partial charge in [-0.05, 0) is 37.5 Å². The third-order valence-electron chi connectivity index (χ3n) is 5.19. The second-order valence-corrected chi connectivity index (χ2v) is 8.33. The Morgan fingerprint density at radius 1 is 1.04 bits per heavy atom. The number of aryl methyl sites for hydroxylation is 1. The molecule has 6 heteroatoms. The third-order valence-corrected chi connectivity index (χ3v) is 6.29. The molecule has 1 saturated carbocycles. The van der Waals surface area contributed by atoms with Gasteiger partial charge in [0.25, 0.3) is 5.91 Å². The minimum Gasteiger partial charge on any atom is -0.339 e. The molecule has 1 heterocycles. The maximum Gasteiger partial charge on any atom is 0.253 e. The molecule has 0 aromatic heterocycles. The largest absolute Gasteiger partial charge is 0.339 e. The number of nitrogens with zero attached hydrogens (tertiary/aromatic N) is 2. The van der Waals surface area contributed by atoms with Crippen LogP contribution in [-0.2, 0) is 11.2 Å². The van der Waals surface area contributed by atoms with E-state index in [0.717, 1.165) is 6.42 Å². The van der Waals surface area contributed by atoms with Crippen molar-refractivity contribution in [1.82, 2.24) is 9.80 Å². The first kappa shape index (κ1) is 17.6. The number of carbonyl (C=O) groups is 2. The lowest BCUT2D eigenvalue weighted by molar-refractivity contribution is -0.137. The second kappa shape index (κ2) is 6.23. The Morgan fingerprint density at radius 2 is 1.54 bits per heavy atom. The summed E-state index contributed by atoms with van der Waals surface area (Å²) in [6.07, 6.45) is 1.45. The van der Waals surface area contributed by atoms with Crippen LogP contribution < -0.4 is 0 Å². The van der Waals surface area contributed by atoms with Gasteiger partial charge in [-0.1, -0.05) is 19.1 Å². The van der Waals surface area contributed by atoms with E-state index in [1.165, 1.54) is 5.56 Å². The van der Waals surface area contributed by atoms with E-state index < -0.39 is 9.75 Å². The summed E-state index contributed by atoms with van der Waals surface area (Å²) >= 11 is 12.2. The molecule has 3 rings (SSSR count). The molecule has 0 unspecified atom stereocenters. The van der Waals surface area contributed by atoms with Crippen molar-refractivity contribution < 1.29 is 9.59 Å². The molecule has 1 aliphatic carbocycles. The Morgan fingerprint density at radius 3 is 2.00 bits per heavy atom. The normalized spacial score (nSPS) is 25.5. The quantitative estimate of drug-likeness (QED) is 0.769. The van der Waals surface area contributed by atoms with Gasteiger partial charge in [0.2, 0.25) is 5.91 Å². The highest BCUT2D eigenvalue weighted by Gasteiger charge is 2.68. The predicted octanol–water partition coefficient (Wildman–Crippen LogP) is 3.12. The zero-order valence-electron chi connectivity index (χ0n) is 14.0. The molecule has 2 amide bonds. The molecule has 24 heavy (non-hydrogen) atoms. The van der Waals surface area contributed by atoms with Gasteiger partial charge in [-0.25, -0.2) is 0 Å². The number of alkyl halides is 2. The molecule has 1 aliphatic heterocycles. The zero-order chi connectivity index (χ0) is 17.5. The van der Waals surface area contributed by atoms with Gasteiger partial charge in [0.1, 0.15) is 4.33 Å². The molecule has 1 atom stereocenters. The van der Waals surface area contributed by atoms with E-state index in [9.17, 15) is 9.59 Å². The van der Waals surface area contributed by atoms with Crippen LogP contribution in [0.3, 0.4) is 0 Å². The standard InChI is InChI=1S/C18H22Cl2N2O2/c1-3-13-4-6-14(7-5-13)15(23)21-8-10-22(11-9-21)16(24)17(2)12-18(17,19)20/h4-7H,3,8-12H2,1-2H3/t17-/m0/s1. The summed E-state index contributed by atoms with van der Waals surface area (Å²) in [5.74, 6) is 0.0123. The van der Waals surface area contributed by atoms with E-state index in [0.29, 0.717) is 38.2 Å². The van der Waals surface area contributed by atoms with Crippen molar-refractivity contribution in [2.24, 2.45) is 5.41 Å². The third kappa shape index (κ3) is 3.02. The molecule has 0 bridgehead atoms. The first-order valence-electron chi connectivity index (χ1n) is 8.34. The maximum atomic E-state index is 12.6. The summed E-state index contributed by atoms with van der Waals surface area (Å²) in [6.45, 7) is 6.02. The number of benzene rings is 1. The Kier molecular flexibility index (Phi) is 4.56. The van der Waals surface area contributed by atoms with Gasteiger partial charge in [0.05, 0.1) is 5.41 Å². The highest BCUT2D eigenvalue weighted by molar-refractivity contribution is 6.53. The van der Waals surface area contributed by atoms with Gasteiger partial charge >= 0.3 is 0 Å². The van der Waals surface area contributed by atoms with Crippen molar-refractivity contribution in [3.05, 3.63) is 35.4 Å². The van der Waals surface area contributed by atoms with Crippen LogP contribution in [0.2, 0.25) is 0 Å². The molecular weight excluding hydrogens is 347 g/mol. The average molecular weight is 369 g/mol. The van der Waals surface area contributed by atoms with Crippen LogP contribution in [0.1, 0.15) is 36.2 Å². The number of halogens is 2. The van der Waals surface area contributed by atoms with Gasteiger partial charge in [-0.3, -0.25) is 9.59 Å². The van der Waals surface area contributed by atoms with E-state index >= 15 is 0 Å². The molecule has 1 aromatic rings. The van der Waals surface area contributed by atoms with Crippen LogP contribution in [0.25, 0.3) is 0 Å². The summed E-state index contributed by atoms with van der Waals surface area (Å²) in [6, 6.07) is 7.72. The minimum atomic E-state index is -0.946. The van der Waals surface area contributed by atoms with Crippen LogP contribution in [0.15, 0.2) is 24.3 Å². The highest BCUT2D eigenvalue weighted by Crippen LogP contribution is 2.64. The first-order chi connectivity index (χ1) is 11.3. The van der Waals surface area contributed by atoms with Gasteiger partial charge in [-0.2, -0.15) is 0 Å². The molecular formula is C18H22Cl2N2O2. The van der Waals surface area contributed by atoms with E-state index in [2.05, 4.69) is 6.92 Å². The summed E-state index contributed by atoms with van der Waals surface area (Å²) in [4.78, 5) is 28.7. The Bertz CT molecular complexity index is 651. The van der Waals surface area contributed by atoms with Gasteiger partial charge in [0, 0.05) is 31.7 Å². The van der Waals surface area contributed by atoms with Crippen molar-refractivity contribution in [2.45, 2.75) is 31.0 Å². The summed E-state index contributed by atoms with van der Waals surface area (Å²) < 4.78 is -0.946. The van der Waals surface area contributed by atoms with Gasteiger partial charge in [-0.15, -0.1) is 23.2 Å². The monoisotopic (exact) mass is 368 g/mol. The molecule has 2 fully saturated rings. The Labute approximate surface area is 152 Å². The molecule has 130 valence electrons. The summed E-state index contributed by atoms with van der Waals surface area (Å²) in [5, 5.41) is 0. The SMILES string of the molecule is CCc1ccc(C(=O)N2CCN(C(=O)[C@]3(C)CC3(Cl)Cl)CC2)cc1. The van der Waals surface area contributed by atoms with Crippen molar-refractivity contribution in [3.63, 3.8) is 0 Å². The lowest BCUT2D eigenvalue weighted by Gasteiger charge is -2.36. The van der Waals surface area contributed by atoms with E-state index in [1.807, 2.05) is 31.2 Å². The smallest absolute Gasteiger partial charge is 0.253 e. The van der Waals surface area contributed by atoms with Crippen molar-refractivity contribution >= 4 is 35.0 Å². The zero-order valence-corrected chi connectivity index (χ0v) is 15.5. The Balaban J connectivity index is 1.58. The van der Waals surface area contributed by atoms with Crippen molar-refractivity contribution in [2.75, 3.05) is 26.2 Å². The predicted molar refractivity (Wildman–Crippen MR) is 95.5 cm³/mol. The van der Waals surface area contributed by atoms with Crippen molar-refractivity contribution in [3.8, 4) is 0 Å². The molecule has 4 nitrogen and oxygen atoms in total. The number of rotatable bonds is 3. The number of piperazine rings is 1. The van der Waals surface area contributed by atoms with Gasteiger partial charge in [0.15, 0.2) is 0 Å². The minimum absolute atomic E-state index is 0.00750. The second-order valence-electron chi connectivity index (χ2n) is 6.85. The number of amides is 2. The Hall–Kier alpha value is -1.26. The molecule has 2 aliphatic rings. The molecule has 1 saturated heterocycles. The summed E-state index contributed by atoms with van der Waals surface area (Å²) in [7, 11) is 0.